The largest absolute Gasteiger partial charge is 0.380 e. The first-order valence-electron chi connectivity index (χ1n) is 22.9. The van der Waals surface area contributed by atoms with E-state index in [2.05, 4.69) is 134 Å². The number of nitrogens with one attached hydrogen (secondary N) is 2. The highest BCUT2D eigenvalue weighted by Crippen LogP contribution is 2.56. The number of aromatic amines is 2. The van der Waals surface area contributed by atoms with Crippen LogP contribution in [0.25, 0.3) is 21.8 Å². The number of ketones is 1. The number of Topliss-reactive ketones (excluding diaryl/α,β-unsaturated/α-hetero) is 1. The third kappa shape index (κ3) is 8.35. The zero-order chi connectivity index (χ0) is 45.1. The van der Waals surface area contributed by atoms with E-state index in [0.717, 1.165) is 96.2 Å². The van der Waals surface area contributed by atoms with Crippen molar-refractivity contribution in [3.63, 3.8) is 0 Å². The number of carbonyl (C=O) groups excluding carboxylic acids is 1. The lowest BCUT2D eigenvalue weighted by Crippen LogP contribution is -2.49. The summed E-state index contributed by atoms with van der Waals surface area (Å²) in [6.07, 6.45) is 10.8. The maximum Gasteiger partial charge on any atom is 0.193 e. The minimum Gasteiger partial charge on any atom is -0.380 e. The molecule has 66 heavy (non-hydrogen) atoms. The highest BCUT2D eigenvalue weighted by molar-refractivity contribution is 6.04. The molecule has 0 radical (unpaired) electrons. The molecule has 1 aliphatic carbocycles. The topological polar surface area (TPSA) is 93.8 Å². The first-order valence-corrected chi connectivity index (χ1v) is 22.9. The van der Waals surface area contributed by atoms with Crippen LogP contribution < -0.4 is 0 Å². The molecule has 2 fully saturated rings. The number of nitrogens with zero attached hydrogens (tertiary/aromatic N) is 2. The minimum absolute atomic E-state index is 0.267. The summed E-state index contributed by atoms with van der Waals surface area (Å²) in [7, 11) is 3.57. The minimum atomic E-state index is -1.45. The third-order valence-corrected chi connectivity index (χ3v) is 13.9. The molecule has 3 aliphatic rings. The summed E-state index contributed by atoms with van der Waals surface area (Å²) >= 11 is 0. The van der Waals surface area contributed by atoms with Gasteiger partial charge in [0.2, 0.25) is 0 Å². The smallest absolute Gasteiger partial charge is 0.193 e. The Kier molecular flexibility index (Phi) is 12.2. The van der Waals surface area contributed by atoms with Gasteiger partial charge in [-0.3, -0.25) is 14.6 Å². The third-order valence-electron chi connectivity index (χ3n) is 13.9. The van der Waals surface area contributed by atoms with Crippen LogP contribution in [-0.2, 0) is 32.8 Å². The highest BCUT2D eigenvalue weighted by atomic mass is 16.5. The number of H-pyrrole nitrogens is 2. The number of methoxy groups -OCH3 is 2. The molecule has 8 nitrogen and oxygen atoms in total. The molecular weight excluding hydrogens is 817 g/mol. The van der Waals surface area contributed by atoms with Gasteiger partial charge in [-0.15, -0.1) is 0 Å². The van der Waals surface area contributed by atoms with Gasteiger partial charge < -0.3 is 24.5 Å². The van der Waals surface area contributed by atoms with Crippen LogP contribution in [0.4, 0.5) is 0 Å². The van der Waals surface area contributed by atoms with Gasteiger partial charge in [0.15, 0.2) is 5.78 Å². The van der Waals surface area contributed by atoms with E-state index in [1.54, 1.807) is 26.4 Å². The van der Waals surface area contributed by atoms with Crippen LogP contribution in [0.3, 0.4) is 0 Å². The fraction of sp³-hybridized carbons (Fsp3) is 0.259. The average Bonchev–Trinajstić information content (AvgIpc) is 4.21. The normalized spacial score (nSPS) is 21.0. The van der Waals surface area contributed by atoms with Gasteiger partial charge in [0.1, 0.15) is 11.5 Å². The van der Waals surface area contributed by atoms with Gasteiger partial charge in [-0.2, -0.15) is 0 Å². The summed E-state index contributed by atoms with van der Waals surface area (Å²) in [5.74, 6) is 14.3. The molecule has 3 unspecified atom stereocenters. The molecule has 0 bridgehead atoms. The molecule has 10 rings (SSSR count). The van der Waals surface area contributed by atoms with Crippen molar-refractivity contribution >= 4 is 27.6 Å². The first kappa shape index (κ1) is 43.2. The number of hydrogen-bond donors (Lipinski definition) is 3. The van der Waals surface area contributed by atoms with E-state index in [-0.39, 0.29) is 12.2 Å². The molecule has 8 heteroatoms. The summed E-state index contributed by atoms with van der Waals surface area (Å²) in [6, 6.07) is 42.7. The lowest BCUT2D eigenvalue weighted by molar-refractivity contribution is -0.124. The number of rotatable bonds is 11. The van der Waals surface area contributed by atoms with E-state index >= 15 is 4.79 Å². The van der Waals surface area contributed by atoms with Crippen molar-refractivity contribution in [2.75, 3.05) is 40.4 Å². The van der Waals surface area contributed by atoms with Gasteiger partial charge in [-0.1, -0.05) is 121 Å². The van der Waals surface area contributed by atoms with E-state index in [1.165, 1.54) is 11.1 Å². The second kappa shape index (κ2) is 18.6. The van der Waals surface area contributed by atoms with Gasteiger partial charge in [0.05, 0.1) is 17.6 Å². The van der Waals surface area contributed by atoms with E-state index in [4.69, 9.17) is 9.47 Å². The maximum atomic E-state index is 15.5. The van der Waals surface area contributed by atoms with Crippen molar-refractivity contribution in [3.8, 4) is 23.7 Å². The number of aliphatic hydroxyl groups excluding tert-OH is 1. The summed E-state index contributed by atoms with van der Waals surface area (Å²) in [5, 5.41) is 14.2. The van der Waals surface area contributed by atoms with E-state index in [1.807, 2.05) is 54.9 Å². The summed E-state index contributed by atoms with van der Waals surface area (Å²) < 4.78 is 11.3. The van der Waals surface area contributed by atoms with Gasteiger partial charge in [-0.25, -0.2) is 0 Å². The number of aliphatic hydroxyl groups is 1. The molecule has 4 heterocycles. The maximum absolute atomic E-state index is 15.5. The lowest BCUT2D eigenvalue weighted by Gasteiger charge is -2.47. The van der Waals surface area contributed by atoms with Crippen molar-refractivity contribution in [1.29, 1.82) is 0 Å². The number of ether oxygens (including phenoxy) is 2. The second-order valence-corrected chi connectivity index (χ2v) is 17.9. The Hall–Kier alpha value is -6.75. The monoisotopic (exact) mass is 870 g/mol. The molecule has 0 amide bonds. The number of benzene rings is 5. The van der Waals surface area contributed by atoms with Crippen molar-refractivity contribution in [3.05, 3.63) is 203 Å². The Morgan fingerprint density at radius 3 is 1.70 bits per heavy atom. The Labute approximate surface area is 387 Å². The standard InChI is InChI=1S/C58H54N4O4/c1-65-50-26-33-61(39-50)37-43-14-10-41(11-15-43)22-29-57(30-23-42-12-16-44(17-13-42)38-62-34-27-51(40-62)66-2)28-6-9-52(56(64)55(63)47-7-4-3-5-8-47)58(57,48-20-18-45-24-31-59-53(45)35-48)49-21-19-46-25-32-60-54(46)36-49/h3-21,24-25,28,31-32,35-36,50-51,55,59-60,63H,26-27,33-34,37-40H2,1-2H3. The number of aromatic nitrogens is 2. The van der Waals surface area contributed by atoms with Crippen molar-refractivity contribution in [2.45, 2.75) is 49.7 Å². The molecule has 330 valence electrons. The molecule has 3 atom stereocenters. The Bertz CT molecular complexity index is 2890. The number of hydrogen-bond acceptors (Lipinski definition) is 6. The van der Waals surface area contributed by atoms with Gasteiger partial charge in [0, 0.05) is 93.6 Å². The van der Waals surface area contributed by atoms with Crippen molar-refractivity contribution in [1.82, 2.24) is 19.8 Å². The molecule has 7 aromatic rings. The molecule has 2 saturated heterocycles. The van der Waals surface area contributed by atoms with Crippen molar-refractivity contribution < 1.29 is 19.4 Å². The van der Waals surface area contributed by atoms with Crippen LogP contribution >= 0.6 is 0 Å². The van der Waals surface area contributed by atoms with Crippen LogP contribution in [0.15, 0.2) is 164 Å². The Morgan fingerprint density at radius 1 is 0.697 bits per heavy atom. The predicted molar refractivity (Wildman–Crippen MR) is 261 cm³/mol. The highest BCUT2D eigenvalue weighted by Gasteiger charge is 2.57. The zero-order valence-corrected chi connectivity index (χ0v) is 37.5. The Morgan fingerprint density at radius 2 is 1.21 bits per heavy atom. The van der Waals surface area contributed by atoms with Gasteiger partial charge >= 0.3 is 0 Å². The van der Waals surface area contributed by atoms with Crippen molar-refractivity contribution in [2.24, 2.45) is 5.41 Å². The number of allylic oxidation sites excluding steroid dienone is 3. The number of carbonyl (C=O) groups is 1. The molecule has 5 aromatic carbocycles. The molecule has 0 saturated carbocycles. The van der Waals surface area contributed by atoms with Crippen LogP contribution in [0.1, 0.15) is 57.9 Å². The molecular formula is C58H54N4O4. The van der Waals surface area contributed by atoms with E-state index in [0.29, 0.717) is 11.1 Å². The lowest BCUT2D eigenvalue weighted by atomic mass is 9.51. The van der Waals surface area contributed by atoms with Crippen LogP contribution in [0, 0.1) is 29.1 Å². The summed E-state index contributed by atoms with van der Waals surface area (Å²) in [4.78, 5) is 27.2. The quantitative estimate of drug-likeness (QED) is 0.112. The fourth-order valence-corrected chi connectivity index (χ4v) is 10.3. The number of likely N-dealkylation sites (tertiary alicyclic amines) is 2. The molecule has 2 aliphatic heterocycles. The number of fused-ring (bicyclic) bond motifs is 2. The molecule has 0 spiro atoms. The predicted octanol–water partition coefficient (Wildman–Crippen LogP) is 9.27. The second-order valence-electron chi connectivity index (χ2n) is 17.9. The fourth-order valence-electron chi connectivity index (χ4n) is 10.3. The van der Waals surface area contributed by atoms with Crippen LogP contribution in [-0.4, -0.2) is 83.3 Å². The Balaban J connectivity index is 1.16. The van der Waals surface area contributed by atoms with Crippen LogP contribution in [0.2, 0.25) is 0 Å². The molecule has 2 aromatic heterocycles. The van der Waals surface area contributed by atoms with Gasteiger partial charge in [-0.05, 0) is 100.0 Å². The summed E-state index contributed by atoms with van der Waals surface area (Å²) in [5.41, 5.74) is 5.64. The zero-order valence-electron chi connectivity index (χ0n) is 37.5. The molecule has 3 N–H and O–H groups in total. The van der Waals surface area contributed by atoms with Gasteiger partial charge in [0.25, 0.3) is 0 Å². The van der Waals surface area contributed by atoms with E-state index < -0.39 is 22.7 Å². The average molecular weight is 871 g/mol. The summed E-state index contributed by atoms with van der Waals surface area (Å²) in [6.45, 7) is 5.51. The van der Waals surface area contributed by atoms with Crippen LogP contribution in [0.5, 0.6) is 0 Å². The van der Waals surface area contributed by atoms with E-state index in [9.17, 15) is 5.11 Å². The SMILES string of the molecule is COC1CCN(Cc2ccc(C#CC3(C#Cc4ccc(CN5CCC(OC)C5)cc4)C=CC=C(C(=O)C(O)c4ccccc4)C3(c3ccc4cc[nH]c4c3)c3ccc4cc[nH]c4c3)cc2)C1. The first-order chi connectivity index (χ1) is 32.3.